The molecule has 0 aromatic heterocycles. The average Bonchev–Trinajstić information content (AvgIpc) is 3.02. The van der Waals surface area contributed by atoms with E-state index in [9.17, 15) is 4.79 Å². The van der Waals surface area contributed by atoms with E-state index in [2.05, 4.69) is 15.1 Å². The highest BCUT2D eigenvalue weighted by atomic mass is 16.5. The molecule has 1 N–H and O–H groups in total. The average molecular weight is 295 g/mol. The normalized spacial score (nSPS) is 29.0. The first-order chi connectivity index (χ1) is 10.3. The Hall–Kier alpha value is -0.650. The summed E-state index contributed by atoms with van der Waals surface area (Å²) in [6.07, 6.45) is 4.31. The van der Waals surface area contributed by atoms with E-state index in [-0.39, 0.29) is 0 Å². The molecule has 0 aromatic carbocycles. The third kappa shape index (κ3) is 4.41. The van der Waals surface area contributed by atoms with Crippen molar-refractivity contribution >= 4 is 5.91 Å². The van der Waals surface area contributed by atoms with E-state index >= 15 is 0 Å². The Morgan fingerprint density at radius 2 is 1.81 bits per heavy atom. The van der Waals surface area contributed by atoms with E-state index < -0.39 is 0 Å². The Morgan fingerprint density at radius 1 is 1.05 bits per heavy atom. The maximum Gasteiger partial charge on any atom is 0.222 e. The van der Waals surface area contributed by atoms with Crippen molar-refractivity contribution in [2.45, 2.75) is 25.7 Å². The summed E-state index contributed by atoms with van der Waals surface area (Å²) in [5.41, 5.74) is 0. The van der Waals surface area contributed by atoms with Crippen molar-refractivity contribution in [3.05, 3.63) is 0 Å². The van der Waals surface area contributed by atoms with Crippen LogP contribution >= 0.6 is 0 Å². The minimum atomic E-state index is 0.370. The summed E-state index contributed by atoms with van der Waals surface area (Å²) < 4.78 is 5.42. The van der Waals surface area contributed by atoms with Crippen molar-refractivity contribution in [3.8, 4) is 0 Å². The Bertz CT molecular complexity index is 330. The number of hydrogen-bond donors (Lipinski definition) is 1. The van der Waals surface area contributed by atoms with Crippen molar-refractivity contribution in [2.75, 3.05) is 59.0 Å². The van der Waals surface area contributed by atoms with Crippen molar-refractivity contribution < 1.29 is 9.53 Å². The van der Waals surface area contributed by atoms with Crippen LogP contribution in [0.2, 0.25) is 0 Å². The fourth-order valence-corrected chi connectivity index (χ4v) is 3.74. The molecule has 0 spiro atoms. The molecule has 3 aliphatic rings. The molecule has 1 atom stereocenters. The molecule has 5 nitrogen and oxygen atoms in total. The molecule has 3 rings (SSSR count). The predicted octanol–water partition coefficient (Wildman–Crippen LogP) is 0.557. The smallest absolute Gasteiger partial charge is 0.222 e. The van der Waals surface area contributed by atoms with Gasteiger partial charge >= 0.3 is 0 Å². The van der Waals surface area contributed by atoms with E-state index in [0.717, 1.165) is 71.2 Å². The molecule has 0 aromatic rings. The highest BCUT2D eigenvalue weighted by Gasteiger charge is 2.26. The molecule has 3 saturated heterocycles. The second-order valence-corrected chi connectivity index (χ2v) is 6.80. The van der Waals surface area contributed by atoms with Gasteiger partial charge in [-0.3, -0.25) is 9.69 Å². The zero-order valence-electron chi connectivity index (χ0n) is 13.1. The van der Waals surface area contributed by atoms with Gasteiger partial charge < -0.3 is 15.0 Å². The van der Waals surface area contributed by atoms with E-state index in [1.165, 1.54) is 19.4 Å². The van der Waals surface area contributed by atoms with Gasteiger partial charge in [-0.05, 0) is 44.2 Å². The molecule has 1 unspecified atom stereocenters. The molecule has 3 heterocycles. The summed E-state index contributed by atoms with van der Waals surface area (Å²) in [5, 5.41) is 3.34. The number of piperazine rings is 1. The molecule has 1 amide bonds. The highest BCUT2D eigenvalue weighted by Crippen LogP contribution is 2.18. The van der Waals surface area contributed by atoms with Crippen LogP contribution in [0.25, 0.3) is 0 Å². The van der Waals surface area contributed by atoms with Crippen LogP contribution < -0.4 is 5.32 Å². The quantitative estimate of drug-likeness (QED) is 0.823. The lowest BCUT2D eigenvalue weighted by atomic mass is 9.99. The first-order valence-electron chi connectivity index (χ1n) is 8.60. The lowest BCUT2D eigenvalue weighted by Gasteiger charge is -2.37. The zero-order valence-corrected chi connectivity index (χ0v) is 13.1. The van der Waals surface area contributed by atoms with Gasteiger partial charge in [-0.15, -0.1) is 0 Å². The fraction of sp³-hybridized carbons (Fsp3) is 0.938. The van der Waals surface area contributed by atoms with Gasteiger partial charge in [-0.25, -0.2) is 0 Å². The van der Waals surface area contributed by atoms with Gasteiger partial charge in [0.2, 0.25) is 5.91 Å². The van der Waals surface area contributed by atoms with Crippen LogP contribution in [0.15, 0.2) is 0 Å². The van der Waals surface area contributed by atoms with Crippen LogP contribution in [0.5, 0.6) is 0 Å². The zero-order chi connectivity index (χ0) is 14.5. The lowest BCUT2D eigenvalue weighted by molar-refractivity contribution is -0.134. The first kappa shape index (κ1) is 15.3. The van der Waals surface area contributed by atoms with Crippen LogP contribution in [-0.2, 0) is 9.53 Å². The summed E-state index contributed by atoms with van der Waals surface area (Å²) in [5.74, 6) is 1.73. The molecule has 21 heavy (non-hydrogen) atoms. The molecule has 0 aliphatic carbocycles. The maximum absolute atomic E-state index is 12.3. The minimum absolute atomic E-state index is 0.370. The maximum atomic E-state index is 12.3. The van der Waals surface area contributed by atoms with Gasteiger partial charge in [0.05, 0.1) is 0 Å². The van der Waals surface area contributed by atoms with Gasteiger partial charge in [0.1, 0.15) is 0 Å². The number of amides is 1. The summed E-state index contributed by atoms with van der Waals surface area (Å²) in [4.78, 5) is 16.9. The van der Waals surface area contributed by atoms with Crippen molar-refractivity contribution in [3.63, 3.8) is 0 Å². The van der Waals surface area contributed by atoms with Gasteiger partial charge in [-0.2, -0.15) is 0 Å². The predicted molar refractivity (Wildman–Crippen MR) is 82.2 cm³/mol. The Morgan fingerprint density at radius 3 is 2.48 bits per heavy atom. The monoisotopic (exact) mass is 295 g/mol. The van der Waals surface area contributed by atoms with Gasteiger partial charge in [0.25, 0.3) is 0 Å². The van der Waals surface area contributed by atoms with Gasteiger partial charge in [-0.1, -0.05) is 0 Å². The fourth-order valence-electron chi connectivity index (χ4n) is 3.74. The minimum Gasteiger partial charge on any atom is -0.381 e. The molecule has 0 radical (unpaired) electrons. The Kier molecular flexibility index (Phi) is 5.49. The van der Waals surface area contributed by atoms with E-state index in [1.807, 2.05) is 0 Å². The Balaban J connectivity index is 1.36. The summed E-state index contributed by atoms with van der Waals surface area (Å²) >= 11 is 0. The molecule has 0 bridgehead atoms. The van der Waals surface area contributed by atoms with E-state index in [1.54, 1.807) is 0 Å². The first-order valence-corrected chi connectivity index (χ1v) is 8.60. The molecule has 3 aliphatic heterocycles. The number of nitrogens with zero attached hydrogens (tertiary/aromatic N) is 2. The second-order valence-electron chi connectivity index (χ2n) is 6.80. The largest absolute Gasteiger partial charge is 0.381 e. The number of carbonyl (C=O) groups is 1. The van der Waals surface area contributed by atoms with Gasteiger partial charge in [0, 0.05) is 52.4 Å². The topological polar surface area (TPSA) is 44.8 Å². The van der Waals surface area contributed by atoms with Crippen molar-refractivity contribution in [1.82, 2.24) is 15.1 Å². The van der Waals surface area contributed by atoms with Crippen LogP contribution in [0.3, 0.4) is 0 Å². The summed E-state index contributed by atoms with van der Waals surface area (Å²) in [6, 6.07) is 0. The molecular formula is C16H29N3O2. The number of nitrogens with one attached hydrogen (secondary N) is 1. The van der Waals surface area contributed by atoms with Crippen molar-refractivity contribution in [2.24, 2.45) is 11.8 Å². The van der Waals surface area contributed by atoms with Crippen LogP contribution in [0, 0.1) is 11.8 Å². The number of carbonyl (C=O) groups excluding carboxylic acids is 1. The van der Waals surface area contributed by atoms with Crippen LogP contribution in [0.4, 0.5) is 0 Å². The number of ether oxygens (including phenoxy) is 1. The lowest BCUT2D eigenvalue weighted by Crippen LogP contribution is -2.50. The highest BCUT2D eigenvalue weighted by molar-refractivity contribution is 5.76. The molecule has 120 valence electrons. The number of rotatable bonds is 4. The van der Waals surface area contributed by atoms with Crippen LogP contribution in [-0.4, -0.2) is 74.7 Å². The van der Waals surface area contributed by atoms with Crippen LogP contribution in [0.1, 0.15) is 25.7 Å². The van der Waals surface area contributed by atoms with Gasteiger partial charge in [0.15, 0.2) is 0 Å². The summed E-state index contributed by atoms with van der Waals surface area (Å²) in [6.45, 7) is 9.09. The third-order valence-electron chi connectivity index (χ3n) is 5.21. The van der Waals surface area contributed by atoms with E-state index in [4.69, 9.17) is 4.74 Å². The second kappa shape index (κ2) is 7.56. The summed E-state index contributed by atoms with van der Waals surface area (Å²) in [7, 11) is 0. The third-order valence-corrected chi connectivity index (χ3v) is 5.21. The molecule has 3 fully saturated rings. The van der Waals surface area contributed by atoms with E-state index in [0.29, 0.717) is 11.8 Å². The SMILES string of the molecule is O=C(CC1CCNC1)N1CCN(CC2CCOCC2)CC1. The standard InChI is InChI=1S/C16H29N3O2/c20-16(11-15-1-4-17-12-15)19-7-5-18(6-8-19)13-14-2-9-21-10-3-14/h14-15,17H,1-13H2. The Labute approximate surface area is 128 Å². The number of hydrogen-bond acceptors (Lipinski definition) is 4. The van der Waals surface area contributed by atoms with Crippen molar-refractivity contribution in [1.29, 1.82) is 0 Å². The molecular weight excluding hydrogens is 266 g/mol. The molecule has 5 heteroatoms. The molecule has 0 saturated carbocycles.